The Kier molecular flexibility index (Phi) is 5.60. The zero-order valence-corrected chi connectivity index (χ0v) is 8.46. The van der Waals surface area contributed by atoms with Crippen LogP contribution in [0.3, 0.4) is 0 Å². The van der Waals surface area contributed by atoms with Crippen LogP contribution < -0.4 is 0 Å². The Hall–Kier alpha value is -1.31. The van der Waals surface area contributed by atoms with Gasteiger partial charge < -0.3 is 4.74 Å². The Balaban J connectivity index is 4.34. The minimum atomic E-state index is -0.242. The smallest absolute Gasteiger partial charge is 0.309 e. The first kappa shape index (κ1) is 11.7. The molecule has 0 spiro atoms. The first-order chi connectivity index (χ1) is 6.10. The van der Waals surface area contributed by atoms with Gasteiger partial charge in [-0.2, -0.15) is 0 Å². The minimum Gasteiger partial charge on any atom is -0.469 e. The number of methoxy groups -OCH3 is 1. The number of rotatable bonds is 4. The third kappa shape index (κ3) is 5.91. The van der Waals surface area contributed by atoms with Crippen molar-refractivity contribution in [3.8, 4) is 0 Å². The van der Waals surface area contributed by atoms with Gasteiger partial charge in [0.1, 0.15) is 0 Å². The number of carbonyl (C=O) groups is 1. The van der Waals surface area contributed by atoms with Crippen LogP contribution in [-0.2, 0) is 9.53 Å². The summed E-state index contributed by atoms with van der Waals surface area (Å²) in [6, 6.07) is 0. The average Bonchev–Trinajstić information content (AvgIpc) is 2.11. The average molecular weight is 180 g/mol. The van der Waals surface area contributed by atoms with E-state index in [0.29, 0.717) is 0 Å². The molecular weight excluding hydrogens is 164 g/mol. The molecule has 0 heterocycles. The normalized spacial score (nSPS) is 10.5. The maximum Gasteiger partial charge on any atom is 0.309 e. The van der Waals surface area contributed by atoms with E-state index < -0.39 is 0 Å². The van der Waals surface area contributed by atoms with Gasteiger partial charge in [-0.25, -0.2) is 0 Å². The molecule has 0 aromatic heterocycles. The van der Waals surface area contributed by atoms with Gasteiger partial charge in [-0.05, 0) is 19.4 Å². The van der Waals surface area contributed by atoms with Crippen LogP contribution in [0.1, 0.15) is 20.3 Å². The number of hydrogen-bond acceptors (Lipinski definition) is 2. The summed E-state index contributed by atoms with van der Waals surface area (Å²) < 4.78 is 4.54. The molecule has 0 saturated heterocycles. The Bertz CT molecular complexity index is 243. The molecule has 0 rings (SSSR count). The zero-order valence-electron chi connectivity index (χ0n) is 8.46. The molecule has 0 fully saturated rings. The van der Waals surface area contributed by atoms with Crippen molar-refractivity contribution in [1.82, 2.24) is 0 Å². The second-order valence-electron chi connectivity index (χ2n) is 2.94. The zero-order chi connectivity index (χ0) is 10.3. The fourth-order valence-electron chi connectivity index (χ4n) is 0.712. The van der Waals surface area contributed by atoms with Crippen molar-refractivity contribution >= 4 is 5.97 Å². The third-order valence-corrected chi connectivity index (χ3v) is 1.47. The molecule has 72 valence electrons. The van der Waals surface area contributed by atoms with Crippen molar-refractivity contribution in [3.05, 3.63) is 36.0 Å². The second-order valence-corrected chi connectivity index (χ2v) is 2.94. The van der Waals surface area contributed by atoms with Crippen molar-refractivity contribution < 1.29 is 9.53 Å². The lowest BCUT2D eigenvalue weighted by Crippen LogP contribution is -2.00. The highest BCUT2D eigenvalue weighted by atomic mass is 16.5. The number of ether oxygens (including phenoxy) is 1. The van der Waals surface area contributed by atoms with E-state index in [-0.39, 0.29) is 12.4 Å². The van der Waals surface area contributed by atoms with Crippen LogP contribution in [0.4, 0.5) is 0 Å². The molecule has 0 aromatic carbocycles. The Morgan fingerprint density at radius 2 is 2.00 bits per heavy atom. The van der Waals surface area contributed by atoms with Gasteiger partial charge in [0.05, 0.1) is 13.5 Å². The molecule has 0 saturated carbocycles. The molecule has 0 unspecified atom stereocenters. The summed E-state index contributed by atoms with van der Waals surface area (Å²) in [7, 11) is 1.38. The molecule has 0 N–H and O–H groups in total. The van der Waals surface area contributed by atoms with E-state index in [0.717, 1.165) is 5.57 Å². The summed E-state index contributed by atoms with van der Waals surface area (Å²) in [6.07, 6.45) is 5.76. The van der Waals surface area contributed by atoms with Crippen LogP contribution in [0, 0.1) is 0 Å². The van der Waals surface area contributed by atoms with E-state index in [1.54, 1.807) is 6.08 Å². The quantitative estimate of drug-likeness (QED) is 0.491. The van der Waals surface area contributed by atoms with Gasteiger partial charge in [0, 0.05) is 0 Å². The first-order valence-corrected chi connectivity index (χ1v) is 4.13. The van der Waals surface area contributed by atoms with Crippen LogP contribution in [0.25, 0.3) is 0 Å². The molecule has 2 nitrogen and oxygen atoms in total. The van der Waals surface area contributed by atoms with Crippen LogP contribution in [0.15, 0.2) is 36.0 Å². The van der Waals surface area contributed by atoms with E-state index in [1.165, 1.54) is 12.7 Å². The van der Waals surface area contributed by atoms with Gasteiger partial charge in [0.25, 0.3) is 0 Å². The number of esters is 1. The Morgan fingerprint density at radius 3 is 2.38 bits per heavy atom. The largest absolute Gasteiger partial charge is 0.469 e. The van der Waals surface area contributed by atoms with Crippen LogP contribution in [0.5, 0.6) is 0 Å². The van der Waals surface area contributed by atoms with Crippen LogP contribution in [-0.4, -0.2) is 13.1 Å². The predicted molar refractivity (Wildman–Crippen MR) is 54.3 cm³/mol. The lowest BCUT2D eigenvalue weighted by molar-refractivity contribution is -0.139. The van der Waals surface area contributed by atoms with Gasteiger partial charge in [0.2, 0.25) is 0 Å². The highest BCUT2D eigenvalue weighted by Crippen LogP contribution is 2.05. The van der Waals surface area contributed by atoms with Gasteiger partial charge >= 0.3 is 5.97 Å². The Morgan fingerprint density at radius 1 is 1.38 bits per heavy atom. The molecule has 2 heteroatoms. The highest BCUT2D eigenvalue weighted by Gasteiger charge is 2.00. The molecule has 0 bridgehead atoms. The second kappa shape index (κ2) is 6.23. The molecular formula is C11H16O2. The third-order valence-electron chi connectivity index (χ3n) is 1.47. The van der Waals surface area contributed by atoms with Crippen LogP contribution >= 0.6 is 0 Å². The van der Waals surface area contributed by atoms with Gasteiger partial charge in [0.15, 0.2) is 0 Å². The standard InChI is InChI=1S/C11H16O2/c1-5-10(7-6-9(2)3)8-11(12)13-4/h5-7H,1,8H2,2-4H3/b10-7+. The monoisotopic (exact) mass is 180 g/mol. The Labute approximate surface area is 79.6 Å². The summed E-state index contributed by atoms with van der Waals surface area (Å²) in [4.78, 5) is 10.9. The highest BCUT2D eigenvalue weighted by molar-refractivity contribution is 5.73. The maximum atomic E-state index is 10.9. The summed E-state index contributed by atoms with van der Waals surface area (Å²) in [5.74, 6) is -0.242. The topological polar surface area (TPSA) is 26.3 Å². The van der Waals surface area contributed by atoms with Crippen LogP contribution in [0.2, 0.25) is 0 Å². The molecule has 0 aliphatic rings. The van der Waals surface area contributed by atoms with Crippen molar-refractivity contribution in [2.75, 3.05) is 7.11 Å². The summed E-state index contributed by atoms with van der Waals surface area (Å²) in [5, 5.41) is 0. The molecule has 13 heavy (non-hydrogen) atoms. The molecule has 0 aliphatic heterocycles. The van der Waals surface area contributed by atoms with E-state index >= 15 is 0 Å². The SMILES string of the molecule is C=C/C(=C\C=C(C)C)CC(=O)OC. The fraction of sp³-hybridized carbons (Fsp3) is 0.364. The fourth-order valence-corrected chi connectivity index (χ4v) is 0.712. The van der Waals surface area contributed by atoms with Crippen molar-refractivity contribution in [1.29, 1.82) is 0 Å². The lowest BCUT2D eigenvalue weighted by atomic mass is 10.1. The van der Waals surface area contributed by atoms with Crippen molar-refractivity contribution in [3.63, 3.8) is 0 Å². The predicted octanol–water partition coefficient (Wildman–Crippen LogP) is 2.63. The first-order valence-electron chi connectivity index (χ1n) is 4.13. The number of hydrogen-bond donors (Lipinski definition) is 0. The molecule has 0 aliphatic carbocycles. The summed E-state index contributed by atoms with van der Waals surface area (Å²) in [5.41, 5.74) is 2.05. The summed E-state index contributed by atoms with van der Waals surface area (Å²) in [6.45, 7) is 7.61. The molecule has 0 aromatic rings. The van der Waals surface area contributed by atoms with Crippen molar-refractivity contribution in [2.24, 2.45) is 0 Å². The van der Waals surface area contributed by atoms with E-state index in [9.17, 15) is 4.79 Å². The molecule has 0 amide bonds. The van der Waals surface area contributed by atoms with Gasteiger partial charge in [-0.1, -0.05) is 30.4 Å². The molecule has 0 radical (unpaired) electrons. The van der Waals surface area contributed by atoms with Gasteiger partial charge in [-0.15, -0.1) is 0 Å². The van der Waals surface area contributed by atoms with Gasteiger partial charge in [-0.3, -0.25) is 4.79 Å². The molecule has 0 atom stereocenters. The van der Waals surface area contributed by atoms with Crippen molar-refractivity contribution in [2.45, 2.75) is 20.3 Å². The number of carbonyl (C=O) groups excluding carboxylic acids is 1. The van der Waals surface area contributed by atoms with E-state index in [1.807, 2.05) is 26.0 Å². The van der Waals surface area contributed by atoms with E-state index in [2.05, 4.69) is 11.3 Å². The maximum absolute atomic E-state index is 10.9. The summed E-state index contributed by atoms with van der Waals surface area (Å²) >= 11 is 0. The van der Waals surface area contributed by atoms with E-state index in [4.69, 9.17) is 0 Å². The lowest BCUT2D eigenvalue weighted by Gasteiger charge is -1.98. The number of allylic oxidation sites excluding steroid dienone is 4. The minimum absolute atomic E-state index is 0.242.